The summed E-state index contributed by atoms with van der Waals surface area (Å²) >= 11 is 0. The summed E-state index contributed by atoms with van der Waals surface area (Å²) in [6, 6.07) is 2.26. The molecule has 1 amide bonds. The quantitative estimate of drug-likeness (QED) is 0.788. The molecule has 0 bridgehead atoms. The first-order valence-corrected chi connectivity index (χ1v) is 9.19. The molecule has 1 atom stereocenters. The van der Waals surface area contributed by atoms with E-state index in [0.717, 1.165) is 38.3 Å². The number of ether oxygens (including phenoxy) is 1. The molecule has 0 aliphatic heterocycles. The molecule has 0 aromatic rings. The first kappa shape index (κ1) is 18.5. The molecule has 134 valence electrons. The van der Waals surface area contributed by atoms with Gasteiger partial charge in [0.25, 0.3) is 0 Å². The highest BCUT2D eigenvalue weighted by Crippen LogP contribution is 2.27. The molecule has 5 nitrogen and oxygen atoms in total. The molecule has 0 aromatic heterocycles. The van der Waals surface area contributed by atoms with E-state index in [1.165, 1.54) is 12.8 Å². The third kappa shape index (κ3) is 6.68. The van der Waals surface area contributed by atoms with Crippen molar-refractivity contribution in [2.45, 2.75) is 96.0 Å². The predicted octanol–water partition coefficient (Wildman–Crippen LogP) is 2.89. The first-order chi connectivity index (χ1) is 10.7. The fourth-order valence-corrected chi connectivity index (χ4v) is 3.24. The van der Waals surface area contributed by atoms with E-state index >= 15 is 0 Å². The van der Waals surface area contributed by atoms with Gasteiger partial charge in [-0.25, -0.2) is 4.79 Å². The van der Waals surface area contributed by atoms with Gasteiger partial charge in [-0.2, -0.15) is 0 Å². The van der Waals surface area contributed by atoms with Crippen LogP contribution < -0.4 is 10.6 Å². The zero-order chi connectivity index (χ0) is 17.0. The lowest BCUT2D eigenvalue weighted by Crippen LogP contribution is -2.46. The highest BCUT2D eigenvalue weighted by molar-refractivity contribution is 5.68. The van der Waals surface area contributed by atoms with Gasteiger partial charge >= 0.3 is 6.09 Å². The Balaban J connectivity index is 1.61. The van der Waals surface area contributed by atoms with Gasteiger partial charge in [-0.1, -0.05) is 0 Å². The largest absolute Gasteiger partial charge is 0.444 e. The third-order valence-electron chi connectivity index (χ3n) is 4.97. The van der Waals surface area contributed by atoms with E-state index in [2.05, 4.69) is 29.5 Å². The average Bonchev–Trinajstić information content (AvgIpc) is 3.28. The van der Waals surface area contributed by atoms with Gasteiger partial charge in [-0.15, -0.1) is 0 Å². The molecule has 1 unspecified atom stereocenters. The molecule has 0 heterocycles. The second kappa shape index (κ2) is 7.84. The lowest BCUT2D eigenvalue weighted by atomic mass is 9.91. The Morgan fingerprint density at radius 2 is 1.70 bits per heavy atom. The SMILES string of the molecule is CC(CNC1CCC(NC(=O)OC(C)(C)C)CC1)N(C)C1CC1. The summed E-state index contributed by atoms with van der Waals surface area (Å²) < 4.78 is 5.33. The first-order valence-electron chi connectivity index (χ1n) is 9.19. The summed E-state index contributed by atoms with van der Waals surface area (Å²) in [7, 11) is 2.24. The van der Waals surface area contributed by atoms with Crippen LogP contribution in [0.5, 0.6) is 0 Å². The van der Waals surface area contributed by atoms with Crippen LogP contribution in [0.1, 0.15) is 66.2 Å². The van der Waals surface area contributed by atoms with Crippen LogP contribution in [0.3, 0.4) is 0 Å². The number of hydrogen-bond acceptors (Lipinski definition) is 4. The van der Waals surface area contributed by atoms with Crippen molar-refractivity contribution in [2.24, 2.45) is 0 Å². The maximum absolute atomic E-state index is 11.8. The molecule has 2 aliphatic carbocycles. The number of amides is 1. The van der Waals surface area contributed by atoms with Gasteiger partial charge in [0.1, 0.15) is 5.60 Å². The molecule has 2 saturated carbocycles. The van der Waals surface area contributed by atoms with Gasteiger partial charge in [0, 0.05) is 30.7 Å². The molecule has 2 N–H and O–H groups in total. The smallest absolute Gasteiger partial charge is 0.407 e. The van der Waals surface area contributed by atoms with Crippen LogP contribution in [0, 0.1) is 0 Å². The Labute approximate surface area is 141 Å². The van der Waals surface area contributed by atoms with Crippen molar-refractivity contribution in [3.8, 4) is 0 Å². The molecule has 2 rings (SSSR count). The van der Waals surface area contributed by atoms with E-state index < -0.39 is 5.60 Å². The number of nitrogens with zero attached hydrogens (tertiary/aromatic N) is 1. The highest BCUT2D eigenvalue weighted by atomic mass is 16.6. The fraction of sp³-hybridized carbons (Fsp3) is 0.944. The maximum Gasteiger partial charge on any atom is 0.407 e. The third-order valence-corrected chi connectivity index (χ3v) is 4.97. The number of carbonyl (C=O) groups is 1. The summed E-state index contributed by atoms with van der Waals surface area (Å²) in [5.41, 5.74) is -0.424. The van der Waals surface area contributed by atoms with Gasteiger partial charge < -0.3 is 15.4 Å². The molecule has 0 aromatic carbocycles. The van der Waals surface area contributed by atoms with Crippen molar-refractivity contribution in [1.82, 2.24) is 15.5 Å². The molecule has 0 radical (unpaired) electrons. The van der Waals surface area contributed by atoms with Crippen LogP contribution >= 0.6 is 0 Å². The summed E-state index contributed by atoms with van der Waals surface area (Å²) in [4.78, 5) is 14.3. The van der Waals surface area contributed by atoms with Crippen LogP contribution in [-0.4, -0.2) is 54.4 Å². The maximum atomic E-state index is 11.8. The van der Waals surface area contributed by atoms with Crippen LogP contribution in [0.4, 0.5) is 4.79 Å². The summed E-state index contributed by atoms with van der Waals surface area (Å²) in [5.74, 6) is 0. The normalized spacial score (nSPS) is 26.9. The number of carbonyl (C=O) groups excluding carboxylic acids is 1. The lowest BCUT2D eigenvalue weighted by molar-refractivity contribution is 0.0489. The number of rotatable bonds is 6. The minimum Gasteiger partial charge on any atom is -0.444 e. The van der Waals surface area contributed by atoms with Crippen LogP contribution in [0.15, 0.2) is 0 Å². The lowest BCUT2D eigenvalue weighted by Gasteiger charge is -2.32. The predicted molar refractivity (Wildman–Crippen MR) is 93.7 cm³/mol. The standard InChI is InChI=1S/C18H35N3O2/c1-13(21(5)16-10-11-16)12-19-14-6-8-15(9-7-14)20-17(22)23-18(2,3)4/h13-16,19H,6-12H2,1-5H3,(H,20,22). The Morgan fingerprint density at radius 1 is 1.13 bits per heavy atom. The molecule has 23 heavy (non-hydrogen) atoms. The van der Waals surface area contributed by atoms with Gasteiger partial charge in [-0.05, 0) is 73.3 Å². The molecule has 2 aliphatic rings. The second-order valence-electron chi connectivity index (χ2n) is 8.35. The Bertz CT molecular complexity index is 382. The van der Waals surface area contributed by atoms with Crippen molar-refractivity contribution in [3.05, 3.63) is 0 Å². The minimum atomic E-state index is -0.424. The van der Waals surface area contributed by atoms with Crippen LogP contribution in [0.25, 0.3) is 0 Å². The second-order valence-corrected chi connectivity index (χ2v) is 8.35. The average molecular weight is 325 g/mol. The van der Waals surface area contributed by atoms with Crippen molar-refractivity contribution < 1.29 is 9.53 Å². The van der Waals surface area contributed by atoms with Crippen LogP contribution in [-0.2, 0) is 4.74 Å². The number of likely N-dealkylation sites (N-methyl/N-ethyl adjacent to an activating group) is 1. The van der Waals surface area contributed by atoms with E-state index in [0.29, 0.717) is 12.1 Å². The van der Waals surface area contributed by atoms with Gasteiger partial charge in [-0.3, -0.25) is 4.90 Å². The molecule has 0 saturated heterocycles. The molecular formula is C18H35N3O2. The van der Waals surface area contributed by atoms with E-state index in [4.69, 9.17) is 4.74 Å². The monoisotopic (exact) mass is 325 g/mol. The van der Waals surface area contributed by atoms with E-state index in [1.54, 1.807) is 0 Å². The molecule has 5 heteroatoms. The highest BCUT2D eigenvalue weighted by Gasteiger charge is 2.30. The van der Waals surface area contributed by atoms with Gasteiger partial charge in [0.15, 0.2) is 0 Å². The number of alkyl carbamates (subject to hydrolysis) is 1. The van der Waals surface area contributed by atoms with Crippen molar-refractivity contribution >= 4 is 6.09 Å². The summed E-state index contributed by atoms with van der Waals surface area (Å²) in [6.45, 7) is 9.05. The molecule has 0 spiro atoms. The zero-order valence-electron chi connectivity index (χ0n) is 15.5. The Hall–Kier alpha value is -0.810. The zero-order valence-corrected chi connectivity index (χ0v) is 15.5. The Morgan fingerprint density at radius 3 is 2.22 bits per heavy atom. The van der Waals surface area contributed by atoms with Crippen LogP contribution in [0.2, 0.25) is 0 Å². The molecule has 2 fully saturated rings. The van der Waals surface area contributed by atoms with Crippen molar-refractivity contribution in [1.29, 1.82) is 0 Å². The summed E-state index contributed by atoms with van der Waals surface area (Å²) in [5, 5.41) is 6.72. The van der Waals surface area contributed by atoms with Gasteiger partial charge in [0.2, 0.25) is 0 Å². The fourth-order valence-electron chi connectivity index (χ4n) is 3.24. The van der Waals surface area contributed by atoms with Crippen molar-refractivity contribution in [3.63, 3.8) is 0 Å². The van der Waals surface area contributed by atoms with E-state index in [1.807, 2.05) is 20.8 Å². The number of nitrogens with one attached hydrogen (secondary N) is 2. The minimum absolute atomic E-state index is 0.259. The van der Waals surface area contributed by atoms with E-state index in [9.17, 15) is 4.79 Å². The van der Waals surface area contributed by atoms with Gasteiger partial charge in [0.05, 0.1) is 0 Å². The molecular weight excluding hydrogens is 290 g/mol. The topological polar surface area (TPSA) is 53.6 Å². The Kier molecular flexibility index (Phi) is 6.32. The number of hydrogen-bond donors (Lipinski definition) is 2. The summed E-state index contributed by atoms with van der Waals surface area (Å²) in [6.07, 6.45) is 6.76. The van der Waals surface area contributed by atoms with Crippen molar-refractivity contribution in [2.75, 3.05) is 13.6 Å². The van der Waals surface area contributed by atoms with E-state index in [-0.39, 0.29) is 12.1 Å².